The van der Waals surface area contributed by atoms with E-state index in [4.69, 9.17) is 0 Å². The van der Waals surface area contributed by atoms with E-state index in [0.29, 0.717) is 11.4 Å². The largest absolute Gasteiger partial charge is 0.297 e. The molecule has 0 aromatic heterocycles. The number of fused-ring (bicyclic) bond motifs is 1. The van der Waals surface area contributed by atoms with Crippen LogP contribution in [0.1, 0.15) is 0 Å². The lowest BCUT2D eigenvalue weighted by Crippen LogP contribution is -2.14. The average molecular weight is 132 g/mol. The molecule has 4 nitrogen and oxygen atoms in total. The van der Waals surface area contributed by atoms with Crippen LogP contribution in [0.25, 0.3) is 0 Å². The van der Waals surface area contributed by atoms with Crippen LogP contribution in [-0.4, -0.2) is 24.2 Å². The lowest BCUT2D eigenvalue weighted by atomic mass is 10.2. The van der Waals surface area contributed by atoms with Crippen molar-refractivity contribution in [2.24, 2.45) is 15.0 Å². The van der Waals surface area contributed by atoms with Crippen LogP contribution in [0.3, 0.4) is 0 Å². The fourth-order valence-corrected chi connectivity index (χ4v) is 0.742. The molecule has 0 N–H and O–H groups in total. The molecule has 0 fully saturated rings. The molecule has 2 rings (SSSR count). The molecule has 10 heavy (non-hydrogen) atoms. The van der Waals surface area contributed by atoms with Crippen LogP contribution in [0.15, 0.2) is 20.7 Å². The molecule has 47 valence electrons. The Balaban J connectivity index is 2.54. The maximum absolute atomic E-state index is 10.8. The zero-order valence-corrected chi connectivity index (χ0v) is 4.90. The fraction of sp³-hybridized carbons (Fsp3) is 0. The van der Waals surface area contributed by atoms with Crippen LogP contribution in [0.5, 0.6) is 0 Å². The van der Waals surface area contributed by atoms with Gasteiger partial charge in [0.25, 0.3) is 5.91 Å². The SMILES string of the molecule is O=C1N=C[C]=C2N=CN=C12. The third-order valence-electron chi connectivity index (χ3n) is 1.18. The van der Waals surface area contributed by atoms with Crippen LogP contribution in [0.2, 0.25) is 0 Å². The first-order chi connectivity index (χ1) is 4.88. The summed E-state index contributed by atoms with van der Waals surface area (Å²) in [6.45, 7) is 0. The number of dihydropyridines is 1. The summed E-state index contributed by atoms with van der Waals surface area (Å²) in [5.74, 6) is -0.341. The van der Waals surface area contributed by atoms with E-state index >= 15 is 0 Å². The topological polar surface area (TPSA) is 54.1 Å². The van der Waals surface area contributed by atoms with Crippen molar-refractivity contribution in [3.63, 3.8) is 0 Å². The van der Waals surface area contributed by atoms with Crippen molar-refractivity contribution in [3.05, 3.63) is 11.8 Å². The molecule has 0 aliphatic carbocycles. The first-order valence-corrected chi connectivity index (χ1v) is 2.69. The molecular formula is C6H2N3O. The highest BCUT2D eigenvalue weighted by Crippen LogP contribution is 2.08. The molecule has 0 unspecified atom stereocenters. The molecule has 0 atom stereocenters. The van der Waals surface area contributed by atoms with Gasteiger partial charge in [-0.05, 0) is 0 Å². The number of carbonyl (C=O) groups excluding carboxylic acids is 1. The van der Waals surface area contributed by atoms with E-state index in [2.05, 4.69) is 21.1 Å². The van der Waals surface area contributed by atoms with Gasteiger partial charge in [-0.2, -0.15) is 0 Å². The van der Waals surface area contributed by atoms with Crippen molar-refractivity contribution in [1.82, 2.24) is 0 Å². The van der Waals surface area contributed by atoms with Crippen molar-refractivity contribution >= 4 is 24.2 Å². The minimum Gasteiger partial charge on any atom is -0.265 e. The normalized spacial score (nSPS) is 20.6. The minimum absolute atomic E-state index is 0.294. The highest BCUT2D eigenvalue weighted by atomic mass is 16.1. The van der Waals surface area contributed by atoms with E-state index < -0.39 is 0 Å². The average Bonchev–Trinajstić information content (AvgIpc) is 2.36. The Labute approximate surface area is 56.7 Å². The molecule has 4 heteroatoms. The van der Waals surface area contributed by atoms with Crippen LogP contribution < -0.4 is 0 Å². The molecule has 0 saturated carbocycles. The van der Waals surface area contributed by atoms with Crippen LogP contribution in [0.4, 0.5) is 0 Å². The summed E-state index contributed by atoms with van der Waals surface area (Å²) >= 11 is 0. The molecule has 0 bridgehead atoms. The van der Waals surface area contributed by atoms with E-state index in [0.717, 1.165) is 0 Å². The van der Waals surface area contributed by atoms with Crippen LogP contribution in [0, 0.1) is 6.08 Å². The Morgan fingerprint density at radius 2 is 2.30 bits per heavy atom. The number of nitrogens with zero attached hydrogens (tertiary/aromatic N) is 3. The number of hydrogen-bond donors (Lipinski definition) is 0. The maximum atomic E-state index is 10.8. The van der Waals surface area contributed by atoms with E-state index in [9.17, 15) is 4.79 Å². The summed E-state index contributed by atoms with van der Waals surface area (Å²) in [7, 11) is 0. The Bertz CT molecular complexity index is 303. The standard InChI is InChI=1S/C6H2N3O/c10-6-5-4(1-2-7-6)8-3-9-5/h2-3H. The van der Waals surface area contributed by atoms with Gasteiger partial charge in [0.05, 0.1) is 0 Å². The molecule has 2 aliphatic rings. The summed E-state index contributed by atoms with van der Waals surface area (Å²) in [6.07, 6.45) is 5.32. The molecular weight excluding hydrogens is 130 g/mol. The monoisotopic (exact) mass is 132 g/mol. The molecule has 1 radical (unpaired) electrons. The van der Waals surface area contributed by atoms with Gasteiger partial charge in [0.1, 0.15) is 12.0 Å². The summed E-state index contributed by atoms with van der Waals surface area (Å²) in [4.78, 5) is 21.7. The Morgan fingerprint density at radius 1 is 1.40 bits per heavy atom. The Kier molecular flexibility index (Phi) is 0.887. The van der Waals surface area contributed by atoms with Crippen molar-refractivity contribution in [2.45, 2.75) is 0 Å². The Hall–Kier alpha value is -1.58. The van der Waals surface area contributed by atoms with Gasteiger partial charge in [0.2, 0.25) is 0 Å². The van der Waals surface area contributed by atoms with E-state index in [1.165, 1.54) is 12.6 Å². The molecule has 2 heterocycles. The quantitative estimate of drug-likeness (QED) is 0.449. The van der Waals surface area contributed by atoms with Crippen LogP contribution >= 0.6 is 0 Å². The molecule has 1 amide bonds. The number of allylic oxidation sites excluding steroid dienone is 1. The number of aliphatic imine (C=N–C) groups is 3. The highest BCUT2D eigenvalue weighted by Gasteiger charge is 2.20. The van der Waals surface area contributed by atoms with Crippen molar-refractivity contribution in [2.75, 3.05) is 0 Å². The lowest BCUT2D eigenvalue weighted by Gasteiger charge is -1.97. The van der Waals surface area contributed by atoms with E-state index in [-0.39, 0.29) is 5.91 Å². The second-order valence-electron chi connectivity index (χ2n) is 1.78. The van der Waals surface area contributed by atoms with Crippen molar-refractivity contribution in [3.8, 4) is 0 Å². The molecule has 0 aromatic rings. The third kappa shape index (κ3) is 0.556. The summed E-state index contributed by atoms with van der Waals surface area (Å²) in [5.41, 5.74) is 0.780. The lowest BCUT2D eigenvalue weighted by molar-refractivity contribution is -0.111. The predicted octanol–water partition coefficient (Wildman–Crippen LogP) is -0.233. The first-order valence-electron chi connectivity index (χ1n) is 2.69. The molecule has 2 aliphatic heterocycles. The number of hydrogen-bond acceptors (Lipinski definition) is 3. The minimum atomic E-state index is -0.341. The van der Waals surface area contributed by atoms with Gasteiger partial charge in [0.15, 0.2) is 5.71 Å². The second kappa shape index (κ2) is 1.70. The zero-order chi connectivity index (χ0) is 6.97. The van der Waals surface area contributed by atoms with Gasteiger partial charge < -0.3 is 0 Å². The number of rotatable bonds is 0. The van der Waals surface area contributed by atoms with E-state index in [1.807, 2.05) is 0 Å². The smallest absolute Gasteiger partial charge is 0.265 e. The number of amides is 1. The van der Waals surface area contributed by atoms with E-state index in [1.54, 1.807) is 0 Å². The van der Waals surface area contributed by atoms with Gasteiger partial charge >= 0.3 is 0 Å². The first kappa shape index (κ1) is 5.22. The fourth-order valence-electron chi connectivity index (χ4n) is 0.742. The summed E-state index contributed by atoms with van der Waals surface area (Å²) in [5, 5.41) is 0. The third-order valence-corrected chi connectivity index (χ3v) is 1.18. The second-order valence-corrected chi connectivity index (χ2v) is 1.78. The van der Waals surface area contributed by atoms with Crippen LogP contribution in [-0.2, 0) is 4.79 Å². The van der Waals surface area contributed by atoms with Crippen molar-refractivity contribution in [1.29, 1.82) is 0 Å². The van der Waals surface area contributed by atoms with Gasteiger partial charge in [0, 0.05) is 12.3 Å². The maximum Gasteiger partial charge on any atom is 0.297 e. The molecule has 0 saturated heterocycles. The summed E-state index contributed by atoms with van der Waals surface area (Å²) < 4.78 is 0. The van der Waals surface area contributed by atoms with Crippen molar-refractivity contribution < 1.29 is 4.79 Å². The number of carbonyl (C=O) groups is 1. The van der Waals surface area contributed by atoms with Gasteiger partial charge in [-0.3, -0.25) is 4.79 Å². The molecule has 0 aromatic carbocycles. The summed E-state index contributed by atoms with van der Waals surface area (Å²) in [6, 6.07) is 0. The van der Waals surface area contributed by atoms with Gasteiger partial charge in [-0.15, -0.1) is 0 Å². The molecule has 0 spiro atoms. The highest BCUT2D eigenvalue weighted by molar-refractivity contribution is 6.49. The zero-order valence-electron chi connectivity index (χ0n) is 4.90. The van der Waals surface area contributed by atoms with Gasteiger partial charge in [-0.25, -0.2) is 15.0 Å². The van der Waals surface area contributed by atoms with Gasteiger partial charge in [-0.1, -0.05) is 0 Å². The Morgan fingerprint density at radius 3 is 3.10 bits per heavy atom. The predicted molar refractivity (Wildman–Crippen MR) is 36.2 cm³/mol.